The van der Waals surface area contributed by atoms with Crippen LogP contribution in [-0.2, 0) is 0 Å². The molecule has 0 fully saturated rings. The summed E-state index contributed by atoms with van der Waals surface area (Å²) in [6, 6.07) is 1.22. The van der Waals surface area contributed by atoms with E-state index in [1.165, 1.54) is 0 Å². The highest BCUT2D eigenvalue weighted by atomic mass is 19.3. The number of aliphatic hydroxyl groups is 1. The first-order chi connectivity index (χ1) is 8.88. The Hall–Kier alpha value is -1.90. The van der Waals surface area contributed by atoms with Gasteiger partial charge in [0.15, 0.2) is 17.3 Å². The largest absolute Gasteiger partial charge is 0.395 e. The predicted molar refractivity (Wildman–Crippen MR) is 58.3 cm³/mol. The number of nitrogens with zero attached hydrogens (tertiary/aromatic N) is 2. The molecule has 106 valence electrons. The van der Waals surface area contributed by atoms with E-state index in [1.807, 2.05) is 0 Å². The molecule has 0 aliphatic rings. The summed E-state index contributed by atoms with van der Waals surface area (Å²) >= 11 is 0. The van der Waals surface area contributed by atoms with Gasteiger partial charge in [-0.3, -0.25) is 10.1 Å². The van der Waals surface area contributed by atoms with Crippen molar-refractivity contribution in [3.63, 3.8) is 0 Å². The van der Waals surface area contributed by atoms with Gasteiger partial charge in [0.2, 0.25) is 0 Å². The molecule has 1 aromatic carbocycles. The fourth-order valence-corrected chi connectivity index (χ4v) is 1.56. The summed E-state index contributed by atoms with van der Waals surface area (Å²) in [5.41, 5.74) is -1.73. The van der Waals surface area contributed by atoms with Gasteiger partial charge in [-0.1, -0.05) is 0 Å². The van der Waals surface area contributed by atoms with Gasteiger partial charge < -0.3 is 10.0 Å². The number of nitro groups is 1. The number of hydrogen-bond acceptors (Lipinski definition) is 4. The van der Waals surface area contributed by atoms with Crippen molar-refractivity contribution in [2.45, 2.75) is 6.43 Å². The third-order valence-electron chi connectivity index (χ3n) is 2.29. The van der Waals surface area contributed by atoms with Crippen molar-refractivity contribution < 1.29 is 27.6 Å². The minimum Gasteiger partial charge on any atom is -0.395 e. The molecule has 19 heavy (non-hydrogen) atoms. The van der Waals surface area contributed by atoms with Gasteiger partial charge >= 0.3 is 0 Å². The number of hydrogen-bond donors (Lipinski definition) is 1. The van der Waals surface area contributed by atoms with Gasteiger partial charge in [-0.25, -0.2) is 17.6 Å². The molecule has 0 atom stereocenters. The van der Waals surface area contributed by atoms with E-state index < -0.39 is 54.1 Å². The first-order valence-corrected chi connectivity index (χ1v) is 5.14. The van der Waals surface area contributed by atoms with E-state index in [2.05, 4.69) is 0 Å². The number of benzene rings is 1. The van der Waals surface area contributed by atoms with Gasteiger partial charge in [0.1, 0.15) is 0 Å². The van der Waals surface area contributed by atoms with E-state index >= 15 is 0 Å². The molecule has 0 radical (unpaired) electrons. The second-order valence-electron chi connectivity index (χ2n) is 3.55. The molecule has 0 spiro atoms. The van der Waals surface area contributed by atoms with Gasteiger partial charge in [0, 0.05) is 12.6 Å². The van der Waals surface area contributed by atoms with Crippen LogP contribution in [-0.4, -0.2) is 36.2 Å². The molecule has 9 heteroatoms. The molecular weight excluding hydrogens is 272 g/mol. The Bertz CT molecular complexity index is 470. The van der Waals surface area contributed by atoms with Crippen molar-refractivity contribution in [3.05, 3.63) is 33.9 Å². The van der Waals surface area contributed by atoms with E-state index in [9.17, 15) is 27.7 Å². The van der Waals surface area contributed by atoms with Gasteiger partial charge in [0.05, 0.1) is 18.1 Å². The van der Waals surface area contributed by atoms with Crippen molar-refractivity contribution in [2.75, 3.05) is 24.6 Å². The van der Waals surface area contributed by atoms with Crippen LogP contribution in [0.15, 0.2) is 12.1 Å². The van der Waals surface area contributed by atoms with Crippen molar-refractivity contribution in [3.8, 4) is 0 Å². The smallest absolute Gasteiger partial charge is 0.295 e. The minimum absolute atomic E-state index is 0.481. The van der Waals surface area contributed by atoms with Crippen LogP contribution in [0.5, 0.6) is 0 Å². The third kappa shape index (κ3) is 3.53. The van der Waals surface area contributed by atoms with E-state index in [4.69, 9.17) is 5.11 Å². The highest BCUT2D eigenvalue weighted by molar-refractivity contribution is 5.64. The summed E-state index contributed by atoms with van der Waals surface area (Å²) in [5, 5.41) is 19.4. The number of nitro benzene ring substituents is 1. The standard InChI is InChI=1S/C10H10F4N2O3/c11-6-1-2-7(16(18)19)10(9(6)14)15(3-4-17)5-8(12)13/h1-2,8,17H,3-5H2. The summed E-state index contributed by atoms with van der Waals surface area (Å²) in [5.74, 6) is -2.99. The fourth-order valence-electron chi connectivity index (χ4n) is 1.56. The lowest BCUT2D eigenvalue weighted by atomic mass is 10.2. The maximum absolute atomic E-state index is 13.6. The molecule has 0 saturated carbocycles. The van der Waals surface area contributed by atoms with Crippen molar-refractivity contribution in [2.24, 2.45) is 0 Å². The number of anilines is 1. The molecule has 0 amide bonds. The topological polar surface area (TPSA) is 66.6 Å². The Morgan fingerprint density at radius 1 is 1.37 bits per heavy atom. The Morgan fingerprint density at radius 2 is 2.00 bits per heavy atom. The van der Waals surface area contributed by atoms with E-state index in [1.54, 1.807) is 0 Å². The average molecular weight is 282 g/mol. The highest BCUT2D eigenvalue weighted by Gasteiger charge is 2.27. The Labute approximate surface area is 105 Å². The predicted octanol–water partition coefficient (Wildman–Crippen LogP) is 1.94. The summed E-state index contributed by atoms with van der Waals surface area (Å²) in [6.07, 6.45) is -2.92. The summed E-state index contributed by atoms with van der Waals surface area (Å²) < 4.78 is 51.4. The fraction of sp³-hybridized carbons (Fsp3) is 0.400. The van der Waals surface area contributed by atoms with Crippen molar-refractivity contribution in [1.82, 2.24) is 0 Å². The number of aliphatic hydroxyl groups excluding tert-OH is 1. The second-order valence-corrected chi connectivity index (χ2v) is 3.55. The monoisotopic (exact) mass is 282 g/mol. The normalized spacial score (nSPS) is 10.8. The van der Waals surface area contributed by atoms with Gasteiger partial charge in [-0.05, 0) is 6.07 Å². The van der Waals surface area contributed by atoms with Crippen LogP contribution in [0, 0.1) is 21.7 Å². The van der Waals surface area contributed by atoms with E-state index in [0.29, 0.717) is 17.0 Å². The molecule has 1 aromatic rings. The molecule has 1 rings (SSSR count). The van der Waals surface area contributed by atoms with Gasteiger partial charge in [0.25, 0.3) is 12.1 Å². The molecule has 0 aliphatic carbocycles. The molecule has 0 aliphatic heterocycles. The van der Waals surface area contributed by atoms with E-state index in [0.717, 1.165) is 0 Å². The lowest BCUT2D eigenvalue weighted by molar-refractivity contribution is -0.384. The first-order valence-electron chi connectivity index (χ1n) is 5.14. The zero-order valence-electron chi connectivity index (χ0n) is 9.52. The molecule has 0 saturated heterocycles. The molecular formula is C10H10F4N2O3. The average Bonchev–Trinajstić information content (AvgIpc) is 2.31. The quantitative estimate of drug-likeness (QED) is 0.492. The molecule has 0 heterocycles. The summed E-state index contributed by atoms with van der Waals surface area (Å²) in [6.45, 7) is -2.17. The van der Waals surface area contributed by atoms with Crippen LogP contribution in [0.4, 0.5) is 28.9 Å². The van der Waals surface area contributed by atoms with Crippen molar-refractivity contribution in [1.29, 1.82) is 0 Å². The van der Waals surface area contributed by atoms with Crippen LogP contribution in [0.3, 0.4) is 0 Å². The van der Waals surface area contributed by atoms with Gasteiger partial charge in [-0.15, -0.1) is 0 Å². The Balaban J connectivity index is 3.33. The maximum atomic E-state index is 13.6. The van der Waals surface area contributed by atoms with Crippen LogP contribution in [0.1, 0.15) is 0 Å². The highest BCUT2D eigenvalue weighted by Crippen LogP contribution is 2.32. The maximum Gasteiger partial charge on any atom is 0.295 e. The van der Waals surface area contributed by atoms with Crippen molar-refractivity contribution >= 4 is 11.4 Å². The van der Waals surface area contributed by atoms with Crippen LogP contribution in [0.25, 0.3) is 0 Å². The molecule has 1 N–H and O–H groups in total. The van der Waals surface area contributed by atoms with Crippen LogP contribution >= 0.6 is 0 Å². The number of rotatable bonds is 6. The summed E-state index contributed by atoms with van der Waals surface area (Å²) in [7, 11) is 0. The first kappa shape index (κ1) is 15.2. The molecule has 0 bridgehead atoms. The second kappa shape index (κ2) is 6.32. The Morgan fingerprint density at radius 3 is 2.47 bits per heavy atom. The molecule has 0 unspecified atom stereocenters. The number of alkyl halides is 2. The minimum atomic E-state index is -2.92. The lowest BCUT2D eigenvalue weighted by Crippen LogP contribution is -2.33. The Kier molecular flexibility index (Phi) is 5.04. The van der Waals surface area contributed by atoms with Crippen LogP contribution in [0.2, 0.25) is 0 Å². The van der Waals surface area contributed by atoms with Crippen LogP contribution < -0.4 is 4.90 Å². The SMILES string of the molecule is O=[N+]([O-])c1ccc(F)c(F)c1N(CCO)CC(F)F. The zero-order valence-corrected chi connectivity index (χ0v) is 9.52. The molecule has 5 nitrogen and oxygen atoms in total. The number of halogens is 4. The lowest BCUT2D eigenvalue weighted by Gasteiger charge is -2.23. The molecule has 0 aromatic heterocycles. The summed E-state index contributed by atoms with van der Waals surface area (Å²) in [4.78, 5) is 10.3. The van der Waals surface area contributed by atoms with Gasteiger partial charge in [-0.2, -0.15) is 0 Å². The third-order valence-corrected chi connectivity index (χ3v) is 2.29. The zero-order chi connectivity index (χ0) is 14.6. The van der Waals surface area contributed by atoms with E-state index in [-0.39, 0.29) is 0 Å².